The first kappa shape index (κ1) is 10.6. The quantitative estimate of drug-likeness (QED) is 0.698. The van der Waals surface area contributed by atoms with Crippen molar-refractivity contribution in [1.82, 2.24) is 9.97 Å². The van der Waals surface area contributed by atoms with Crippen LogP contribution in [0.1, 0.15) is 19.0 Å². The lowest BCUT2D eigenvalue weighted by atomic mass is 9.95. The molecular weight excluding hydrogens is 182 g/mol. The predicted octanol–water partition coefficient (Wildman–Crippen LogP) is 0.214. The van der Waals surface area contributed by atoms with Crippen LogP contribution in [0.15, 0.2) is 18.6 Å². The van der Waals surface area contributed by atoms with Crippen molar-refractivity contribution < 1.29 is 9.53 Å². The van der Waals surface area contributed by atoms with Crippen LogP contribution in [0.3, 0.4) is 0 Å². The fourth-order valence-electron chi connectivity index (χ4n) is 1.06. The molecule has 1 heterocycles. The van der Waals surface area contributed by atoms with Gasteiger partial charge in [-0.25, -0.2) is 0 Å². The van der Waals surface area contributed by atoms with Gasteiger partial charge in [0.2, 0.25) is 0 Å². The fourth-order valence-corrected chi connectivity index (χ4v) is 1.06. The summed E-state index contributed by atoms with van der Waals surface area (Å²) < 4.78 is 4.54. The molecule has 0 unspecified atom stereocenters. The highest BCUT2D eigenvalue weighted by Gasteiger charge is 2.26. The minimum atomic E-state index is -0.832. The lowest BCUT2D eigenvalue weighted by Gasteiger charge is -2.21. The predicted molar refractivity (Wildman–Crippen MR) is 50.2 cm³/mol. The number of ether oxygens (including phenoxy) is 1. The lowest BCUT2D eigenvalue weighted by Crippen LogP contribution is -2.36. The Morgan fingerprint density at radius 3 is 2.86 bits per heavy atom. The molecule has 14 heavy (non-hydrogen) atoms. The van der Waals surface area contributed by atoms with E-state index in [1.807, 2.05) is 0 Å². The molecule has 0 amide bonds. The summed E-state index contributed by atoms with van der Waals surface area (Å²) in [7, 11) is 1.33. The zero-order chi connectivity index (χ0) is 10.6. The van der Waals surface area contributed by atoms with E-state index in [2.05, 4.69) is 14.7 Å². The van der Waals surface area contributed by atoms with Crippen molar-refractivity contribution in [3.05, 3.63) is 24.3 Å². The van der Waals surface area contributed by atoms with Crippen LogP contribution in [-0.4, -0.2) is 23.0 Å². The zero-order valence-electron chi connectivity index (χ0n) is 8.23. The maximum atomic E-state index is 11.1. The van der Waals surface area contributed by atoms with Gasteiger partial charge in [0.25, 0.3) is 0 Å². The van der Waals surface area contributed by atoms with Gasteiger partial charge in [-0.2, -0.15) is 0 Å². The molecule has 0 aromatic carbocycles. The first-order chi connectivity index (χ1) is 6.56. The van der Waals surface area contributed by atoms with Gasteiger partial charge in [0.05, 0.1) is 31.0 Å². The van der Waals surface area contributed by atoms with Gasteiger partial charge < -0.3 is 10.5 Å². The minimum Gasteiger partial charge on any atom is -0.469 e. The molecule has 1 atom stereocenters. The zero-order valence-corrected chi connectivity index (χ0v) is 8.23. The number of hydrogen-bond donors (Lipinski definition) is 1. The minimum absolute atomic E-state index is 0.0855. The molecule has 76 valence electrons. The summed E-state index contributed by atoms with van der Waals surface area (Å²) in [5.41, 5.74) is 5.65. The summed E-state index contributed by atoms with van der Waals surface area (Å²) in [5, 5.41) is 0. The van der Waals surface area contributed by atoms with Crippen molar-refractivity contribution in [1.29, 1.82) is 0 Å². The number of aromatic nitrogens is 2. The summed E-state index contributed by atoms with van der Waals surface area (Å²) in [6, 6.07) is 0. The second kappa shape index (κ2) is 4.15. The molecule has 0 aliphatic carbocycles. The number of esters is 1. The van der Waals surface area contributed by atoms with Crippen molar-refractivity contribution in [3.8, 4) is 0 Å². The Balaban J connectivity index is 2.80. The van der Waals surface area contributed by atoms with E-state index in [1.165, 1.54) is 13.3 Å². The Hall–Kier alpha value is -1.49. The van der Waals surface area contributed by atoms with Crippen LogP contribution in [-0.2, 0) is 15.1 Å². The van der Waals surface area contributed by atoms with E-state index in [4.69, 9.17) is 5.73 Å². The Bertz CT molecular complexity index is 311. The molecule has 0 bridgehead atoms. The number of rotatable bonds is 3. The summed E-state index contributed by atoms with van der Waals surface area (Å²) in [5.74, 6) is -0.361. The molecule has 0 aliphatic heterocycles. The Morgan fingerprint density at radius 2 is 2.36 bits per heavy atom. The molecule has 0 saturated carbocycles. The first-order valence-electron chi connectivity index (χ1n) is 4.18. The summed E-state index contributed by atoms with van der Waals surface area (Å²) in [4.78, 5) is 19.0. The molecular formula is C9H13N3O2. The average Bonchev–Trinajstić information content (AvgIpc) is 2.18. The maximum Gasteiger partial charge on any atom is 0.307 e. The van der Waals surface area contributed by atoms with Crippen LogP contribution in [0.4, 0.5) is 0 Å². The number of methoxy groups -OCH3 is 1. The molecule has 5 heteroatoms. The Labute approximate surface area is 82.3 Å². The largest absolute Gasteiger partial charge is 0.469 e. The molecule has 0 spiro atoms. The SMILES string of the molecule is COC(=O)C[C@](C)(N)c1cnccn1. The third-order valence-electron chi connectivity index (χ3n) is 1.89. The monoisotopic (exact) mass is 195 g/mol. The van der Waals surface area contributed by atoms with Crippen molar-refractivity contribution in [2.45, 2.75) is 18.9 Å². The van der Waals surface area contributed by atoms with E-state index in [0.717, 1.165) is 0 Å². The standard InChI is InChI=1S/C9H13N3O2/c1-9(10,5-8(13)14-2)7-6-11-3-4-12-7/h3-4,6H,5,10H2,1-2H3/t9-/m0/s1. The van der Waals surface area contributed by atoms with Crippen LogP contribution in [0.25, 0.3) is 0 Å². The average molecular weight is 195 g/mol. The van der Waals surface area contributed by atoms with Gasteiger partial charge in [-0.15, -0.1) is 0 Å². The smallest absolute Gasteiger partial charge is 0.307 e. The molecule has 1 aromatic rings. The second-order valence-electron chi connectivity index (χ2n) is 3.26. The number of carbonyl (C=O) groups is 1. The first-order valence-corrected chi connectivity index (χ1v) is 4.18. The molecule has 0 fully saturated rings. The van der Waals surface area contributed by atoms with E-state index in [-0.39, 0.29) is 12.4 Å². The van der Waals surface area contributed by atoms with Gasteiger partial charge in [-0.1, -0.05) is 0 Å². The van der Waals surface area contributed by atoms with E-state index >= 15 is 0 Å². The number of nitrogens with zero attached hydrogens (tertiary/aromatic N) is 2. The maximum absolute atomic E-state index is 11.1. The molecule has 0 radical (unpaired) electrons. The Kier molecular flexibility index (Phi) is 3.14. The molecule has 1 aromatic heterocycles. The molecule has 5 nitrogen and oxygen atoms in total. The van der Waals surface area contributed by atoms with Gasteiger partial charge in [-0.05, 0) is 6.92 Å². The third-order valence-corrected chi connectivity index (χ3v) is 1.89. The van der Waals surface area contributed by atoms with Crippen LogP contribution >= 0.6 is 0 Å². The third kappa shape index (κ3) is 2.50. The number of hydrogen-bond acceptors (Lipinski definition) is 5. The number of carbonyl (C=O) groups excluding carboxylic acids is 1. The van der Waals surface area contributed by atoms with Crippen molar-refractivity contribution in [2.75, 3.05) is 7.11 Å². The van der Waals surface area contributed by atoms with E-state index < -0.39 is 5.54 Å². The summed E-state index contributed by atoms with van der Waals surface area (Å²) in [6.45, 7) is 1.72. The van der Waals surface area contributed by atoms with E-state index in [9.17, 15) is 4.79 Å². The summed E-state index contributed by atoms with van der Waals surface area (Å²) >= 11 is 0. The van der Waals surface area contributed by atoms with Crippen molar-refractivity contribution >= 4 is 5.97 Å². The topological polar surface area (TPSA) is 78.1 Å². The van der Waals surface area contributed by atoms with Crippen LogP contribution in [0.2, 0.25) is 0 Å². The molecule has 2 N–H and O–H groups in total. The molecule has 1 rings (SSSR count). The highest BCUT2D eigenvalue weighted by molar-refractivity contribution is 5.70. The van der Waals surface area contributed by atoms with Gasteiger partial charge >= 0.3 is 5.97 Å². The van der Waals surface area contributed by atoms with Crippen molar-refractivity contribution in [3.63, 3.8) is 0 Å². The number of nitrogens with two attached hydrogens (primary N) is 1. The Morgan fingerprint density at radius 1 is 1.64 bits per heavy atom. The van der Waals surface area contributed by atoms with Gasteiger partial charge in [0.1, 0.15) is 0 Å². The van der Waals surface area contributed by atoms with Gasteiger partial charge in [-0.3, -0.25) is 14.8 Å². The van der Waals surface area contributed by atoms with Crippen molar-refractivity contribution in [2.24, 2.45) is 5.73 Å². The molecule has 0 saturated heterocycles. The van der Waals surface area contributed by atoms with Crippen LogP contribution < -0.4 is 5.73 Å². The van der Waals surface area contributed by atoms with Gasteiger partial charge in [0.15, 0.2) is 0 Å². The highest BCUT2D eigenvalue weighted by atomic mass is 16.5. The van der Waals surface area contributed by atoms with Crippen LogP contribution in [0, 0.1) is 0 Å². The fraction of sp³-hybridized carbons (Fsp3) is 0.444. The normalized spacial score (nSPS) is 14.5. The van der Waals surface area contributed by atoms with Crippen LogP contribution in [0.5, 0.6) is 0 Å². The summed E-state index contributed by atoms with van der Waals surface area (Å²) in [6.07, 6.45) is 4.72. The van der Waals surface area contributed by atoms with E-state index in [1.54, 1.807) is 19.3 Å². The van der Waals surface area contributed by atoms with E-state index in [0.29, 0.717) is 5.69 Å². The highest BCUT2D eigenvalue weighted by Crippen LogP contribution is 2.18. The molecule has 0 aliphatic rings. The van der Waals surface area contributed by atoms with Gasteiger partial charge in [0, 0.05) is 12.4 Å². The lowest BCUT2D eigenvalue weighted by molar-refractivity contribution is -0.142. The second-order valence-corrected chi connectivity index (χ2v) is 3.26.